The van der Waals surface area contributed by atoms with Crippen molar-refractivity contribution in [1.82, 2.24) is 9.78 Å². The summed E-state index contributed by atoms with van der Waals surface area (Å²) >= 11 is 0.741. The van der Waals surface area contributed by atoms with Gasteiger partial charge in [0.25, 0.3) is 5.69 Å². The molecule has 1 heterocycles. The van der Waals surface area contributed by atoms with Crippen molar-refractivity contribution in [2.45, 2.75) is 6.92 Å². The molecule has 0 aliphatic heterocycles. The van der Waals surface area contributed by atoms with Crippen LogP contribution in [-0.4, -0.2) is 20.5 Å². The van der Waals surface area contributed by atoms with E-state index in [-0.39, 0.29) is 16.5 Å². The van der Waals surface area contributed by atoms with Crippen molar-refractivity contribution >= 4 is 22.8 Å². The summed E-state index contributed by atoms with van der Waals surface area (Å²) in [6.07, 6.45) is 0. The van der Waals surface area contributed by atoms with Gasteiger partial charge in [-0.25, -0.2) is 0 Å². The maximum absolute atomic E-state index is 11.6. The summed E-state index contributed by atoms with van der Waals surface area (Å²) in [5.74, 6) is -0.294. The number of carbonyl (C=O) groups is 1. The molecule has 0 saturated carbocycles. The fraction of sp³-hybridized carbons (Fsp3) is 0.100. The molecule has 0 N–H and O–H groups in total. The van der Waals surface area contributed by atoms with Gasteiger partial charge in [0.2, 0.25) is 0 Å². The van der Waals surface area contributed by atoms with Crippen LogP contribution in [0.25, 0.3) is 5.69 Å². The fourth-order valence-electron chi connectivity index (χ4n) is 1.30. The Bertz CT molecular complexity index is 671. The zero-order valence-corrected chi connectivity index (χ0v) is 10.0. The molecular weight excluding hydrogens is 258 g/mol. The smallest absolute Gasteiger partial charge is 0.292 e. The number of ketones is 1. The van der Waals surface area contributed by atoms with E-state index < -0.39 is 9.80 Å². The lowest BCUT2D eigenvalue weighted by Gasteiger charge is -1.98. The topological polar surface area (TPSA) is 95.1 Å². The second kappa shape index (κ2) is 4.49. The summed E-state index contributed by atoms with van der Waals surface area (Å²) in [6, 6.07) is 5.36. The lowest BCUT2D eigenvalue weighted by atomic mass is 10.3. The molecule has 1 aromatic heterocycles. The number of benzene rings is 1. The largest absolute Gasteiger partial charge is 0.330 e. The fourth-order valence-corrected chi connectivity index (χ4v) is 1.96. The number of nitrogens with zero attached hydrogens (tertiary/aromatic N) is 3. The average molecular weight is 265 g/mol. The Kier molecular flexibility index (Phi) is 3.02. The van der Waals surface area contributed by atoms with Gasteiger partial charge < -0.3 is 0 Å². The summed E-state index contributed by atoms with van der Waals surface area (Å²) in [5.41, 5.74) is 0.308. The second-order valence-corrected chi connectivity index (χ2v) is 4.35. The quantitative estimate of drug-likeness (QED) is 0.475. The number of Topliss-reactive ketones (excluding diaryl/α,β-unsaturated/α-hetero) is 1. The SMILES string of the molecule is CC(=O)c1nn(-c2ccc([N+](=O)[O-])cc2)c(=O)s1. The van der Waals surface area contributed by atoms with Crippen LogP contribution in [-0.2, 0) is 0 Å². The van der Waals surface area contributed by atoms with Crippen molar-refractivity contribution < 1.29 is 9.72 Å². The Morgan fingerprint density at radius 3 is 2.44 bits per heavy atom. The molecule has 0 unspecified atom stereocenters. The lowest BCUT2D eigenvalue weighted by molar-refractivity contribution is -0.384. The van der Waals surface area contributed by atoms with Crippen molar-refractivity contribution in [3.05, 3.63) is 49.1 Å². The first-order valence-electron chi connectivity index (χ1n) is 4.85. The molecule has 92 valence electrons. The van der Waals surface area contributed by atoms with Crippen LogP contribution in [0.15, 0.2) is 29.1 Å². The van der Waals surface area contributed by atoms with Crippen LogP contribution in [0.4, 0.5) is 5.69 Å². The van der Waals surface area contributed by atoms with Gasteiger partial charge in [0.15, 0.2) is 10.8 Å². The molecule has 0 aliphatic rings. The molecule has 0 saturated heterocycles. The molecule has 8 heteroatoms. The predicted octanol–water partition coefficient (Wildman–Crippen LogP) is 1.40. The van der Waals surface area contributed by atoms with Crippen LogP contribution in [0, 0.1) is 10.1 Å². The van der Waals surface area contributed by atoms with Gasteiger partial charge in [-0.3, -0.25) is 19.7 Å². The van der Waals surface area contributed by atoms with Gasteiger partial charge in [0.1, 0.15) is 0 Å². The minimum atomic E-state index is -0.533. The number of carbonyl (C=O) groups excluding carboxylic acids is 1. The third kappa shape index (κ3) is 2.18. The number of nitro benzene ring substituents is 1. The molecule has 0 radical (unpaired) electrons. The van der Waals surface area contributed by atoms with E-state index in [0.29, 0.717) is 5.69 Å². The molecular formula is C10H7N3O4S. The molecule has 7 nitrogen and oxygen atoms in total. The predicted molar refractivity (Wildman–Crippen MR) is 64.4 cm³/mol. The molecule has 0 bridgehead atoms. The van der Waals surface area contributed by atoms with E-state index in [4.69, 9.17) is 0 Å². The van der Waals surface area contributed by atoms with Crippen molar-refractivity contribution in [2.75, 3.05) is 0 Å². The van der Waals surface area contributed by atoms with Gasteiger partial charge >= 0.3 is 4.87 Å². The van der Waals surface area contributed by atoms with Gasteiger partial charge in [-0.05, 0) is 23.5 Å². The average Bonchev–Trinajstić information content (AvgIpc) is 2.71. The Morgan fingerprint density at radius 2 is 2.00 bits per heavy atom. The van der Waals surface area contributed by atoms with E-state index in [1.807, 2.05) is 0 Å². The second-order valence-electron chi connectivity index (χ2n) is 3.41. The van der Waals surface area contributed by atoms with E-state index in [2.05, 4.69) is 5.10 Å². The van der Waals surface area contributed by atoms with Gasteiger partial charge in [0.05, 0.1) is 10.6 Å². The van der Waals surface area contributed by atoms with Crippen molar-refractivity contribution in [3.63, 3.8) is 0 Å². The number of non-ortho nitro benzene ring substituents is 1. The molecule has 1 aromatic carbocycles. The normalized spacial score (nSPS) is 10.3. The molecule has 18 heavy (non-hydrogen) atoms. The van der Waals surface area contributed by atoms with Crippen LogP contribution in [0.2, 0.25) is 0 Å². The van der Waals surface area contributed by atoms with Gasteiger partial charge in [0, 0.05) is 19.1 Å². The third-order valence-electron chi connectivity index (χ3n) is 2.15. The van der Waals surface area contributed by atoms with E-state index in [0.717, 1.165) is 16.0 Å². The van der Waals surface area contributed by atoms with Crippen molar-refractivity contribution in [3.8, 4) is 5.69 Å². The summed E-state index contributed by atoms with van der Waals surface area (Å²) in [7, 11) is 0. The number of hydrogen-bond acceptors (Lipinski definition) is 6. The Hall–Kier alpha value is -2.35. The first-order valence-corrected chi connectivity index (χ1v) is 5.66. The molecule has 0 fully saturated rings. The van der Waals surface area contributed by atoms with Crippen LogP contribution < -0.4 is 4.87 Å². The summed E-state index contributed by atoms with van der Waals surface area (Å²) in [5, 5.41) is 14.5. The summed E-state index contributed by atoms with van der Waals surface area (Å²) < 4.78 is 1.05. The van der Waals surface area contributed by atoms with E-state index in [1.54, 1.807) is 0 Å². The van der Waals surface area contributed by atoms with Gasteiger partial charge in [-0.2, -0.15) is 4.68 Å². The lowest BCUT2D eigenvalue weighted by Crippen LogP contribution is -2.12. The summed E-state index contributed by atoms with van der Waals surface area (Å²) in [6.45, 7) is 1.32. The summed E-state index contributed by atoms with van der Waals surface area (Å²) in [4.78, 5) is 32.2. The zero-order chi connectivity index (χ0) is 13.3. The molecule has 0 spiro atoms. The van der Waals surface area contributed by atoms with Crippen LogP contribution in [0.1, 0.15) is 16.7 Å². The Labute approximate surface area is 104 Å². The highest BCUT2D eigenvalue weighted by molar-refractivity contribution is 7.11. The van der Waals surface area contributed by atoms with Gasteiger partial charge in [-0.15, -0.1) is 5.10 Å². The highest BCUT2D eigenvalue weighted by Crippen LogP contribution is 2.14. The number of aromatic nitrogens is 2. The molecule has 2 rings (SSSR count). The van der Waals surface area contributed by atoms with E-state index in [9.17, 15) is 19.7 Å². The minimum Gasteiger partial charge on any atom is -0.292 e. The van der Waals surface area contributed by atoms with Crippen molar-refractivity contribution in [1.29, 1.82) is 0 Å². The van der Waals surface area contributed by atoms with E-state index >= 15 is 0 Å². The van der Waals surface area contributed by atoms with Crippen LogP contribution >= 0.6 is 11.3 Å². The monoisotopic (exact) mass is 265 g/mol. The maximum Gasteiger partial charge on any atom is 0.330 e. The highest BCUT2D eigenvalue weighted by Gasteiger charge is 2.12. The molecule has 0 aliphatic carbocycles. The highest BCUT2D eigenvalue weighted by atomic mass is 32.1. The van der Waals surface area contributed by atoms with Crippen LogP contribution in [0.3, 0.4) is 0 Å². The first kappa shape index (κ1) is 12.1. The first-order chi connectivity index (χ1) is 8.49. The Balaban J connectivity index is 2.46. The number of hydrogen-bond donors (Lipinski definition) is 0. The molecule has 0 atom stereocenters. The Morgan fingerprint density at radius 1 is 1.39 bits per heavy atom. The minimum absolute atomic E-state index is 0.0752. The molecule has 0 amide bonds. The zero-order valence-electron chi connectivity index (χ0n) is 9.19. The standard InChI is InChI=1S/C10H7N3O4S/c1-6(14)9-11-12(10(15)18-9)7-2-4-8(5-3-7)13(16)17/h2-5H,1H3. The molecule has 2 aromatic rings. The third-order valence-corrected chi connectivity index (χ3v) is 3.06. The maximum atomic E-state index is 11.6. The van der Waals surface area contributed by atoms with Crippen molar-refractivity contribution in [2.24, 2.45) is 0 Å². The van der Waals surface area contributed by atoms with Gasteiger partial charge in [-0.1, -0.05) is 0 Å². The van der Waals surface area contributed by atoms with E-state index in [1.165, 1.54) is 31.2 Å². The number of rotatable bonds is 3. The number of nitro groups is 1. The van der Waals surface area contributed by atoms with Crippen LogP contribution in [0.5, 0.6) is 0 Å².